The number of nitrogens with one attached hydrogen (secondary N) is 1. The van der Waals surface area contributed by atoms with Gasteiger partial charge in [-0.05, 0) is 47.2 Å². The topological polar surface area (TPSA) is 91.2 Å². The lowest BCUT2D eigenvalue weighted by molar-refractivity contribution is -0.113. The fraction of sp³-hybridized carbons (Fsp3) is 0.444. The van der Waals surface area contributed by atoms with Crippen molar-refractivity contribution >= 4 is 23.4 Å². The van der Waals surface area contributed by atoms with Crippen LogP contribution in [0.25, 0.3) is 0 Å². The van der Waals surface area contributed by atoms with Gasteiger partial charge >= 0.3 is 0 Å². The van der Waals surface area contributed by atoms with Crippen LogP contribution >= 0.6 is 11.8 Å². The summed E-state index contributed by atoms with van der Waals surface area (Å²) >= 11 is 1.34. The second kappa shape index (κ2) is 7.59. The van der Waals surface area contributed by atoms with Gasteiger partial charge < -0.3 is 14.8 Å². The lowest BCUT2D eigenvalue weighted by Crippen LogP contribution is -2.18. The van der Waals surface area contributed by atoms with E-state index in [1.54, 1.807) is 32.4 Å². The van der Waals surface area contributed by atoms with Crippen molar-refractivity contribution in [3.8, 4) is 11.5 Å². The summed E-state index contributed by atoms with van der Waals surface area (Å²) in [6.45, 7) is 0. The molecule has 0 saturated heterocycles. The van der Waals surface area contributed by atoms with Crippen LogP contribution < -0.4 is 14.8 Å². The molecule has 1 N–H and O–H groups in total. The first-order chi connectivity index (χ1) is 13.2. The van der Waals surface area contributed by atoms with Gasteiger partial charge in [-0.1, -0.05) is 23.9 Å². The first-order valence-electron chi connectivity index (χ1n) is 8.78. The van der Waals surface area contributed by atoms with Crippen LogP contribution in [0.3, 0.4) is 0 Å². The Morgan fingerprint density at radius 3 is 2.89 bits per heavy atom. The molecule has 9 heteroatoms. The van der Waals surface area contributed by atoms with Crippen molar-refractivity contribution in [3.05, 3.63) is 30.4 Å². The summed E-state index contributed by atoms with van der Waals surface area (Å²) in [5, 5.41) is 15.6. The number of fused-ring (bicyclic) bond motifs is 2. The summed E-state index contributed by atoms with van der Waals surface area (Å²) in [7, 11) is 3.14. The molecule has 2 aromatic rings. The summed E-state index contributed by atoms with van der Waals surface area (Å²) < 4.78 is 12.4. The Morgan fingerprint density at radius 1 is 1.30 bits per heavy atom. The Morgan fingerprint density at radius 2 is 2.19 bits per heavy atom. The van der Waals surface area contributed by atoms with Crippen molar-refractivity contribution < 1.29 is 14.3 Å². The van der Waals surface area contributed by atoms with Gasteiger partial charge in [-0.25, -0.2) is 4.68 Å². The predicted molar refractivity (Wildman–Crippen MR) is 101 cm³/mol. The van der Waals surface area contributed by atoms with Crippen LogP contribution in [0.15, 0.2) is 35.5 Å². The minimum Gasteiger partial charge on any atom is -0.497 e. The van der Waals surface area contributed by atoms with Gasteiger partial charge in [-0.3, -0.25) is 4.79 Å². The monoisotopic (exact) mass is 387 g/mol. The van der Waals surface area contributed by atoms with Crippen molar-refractivity contribution in [2.75, 3.05) is 25.3 Å². The minimum absolute atomic E-state index is 0.158. The number of carbonyl (C=O) groups excluding carboxylic acids is 1. The van der Waals surface area contributed by atoms with Gasteiger partial charge in [-0.2, -0.15) is 0 Å². The quantitative estimate of drug-likeness (QED) is 0.577. The number of ether oxygens (including phenoxy) is 2. The molecule has 1 saturated carbocycles. The third kappa shape index (κ3) is 3.64. The second-order valence-electron chi connectivity index (χ2n) is 6.66. The highest BCUT2D eigenvalue weighted by atomic mass is 32.2. The first-order valence-corrected chi connectivity index (χ1v) is 9.77. The van der Waals surface area contributed by atoms with E-state index in [9.17, 15) is 4.79 Å². The zero-order valence-corrected chi connectivity index (χ0v) is 16.0. The van der Waals surface area contributed by atoms with Crippen LogP contribution in [-0.2, 0) is 4.79 Å². The average Bonchev–Trinajstić information content (AvgIpc) is 3.42. The molecule has 2 aliphatic rings. The number of nitrogens with zero attached hydrogens (tertiary/aromatic N) is 4. The fourth-order valence-electron chi connectivity index (χ4n) is 3.75. The standard InChI is InChI=1S/C18H21N5O3S/c1-25-13-5-6-16(26-2)14(9-13)19-17(24)10-27-18-20-21-22-23(18)15-8-11-3-4-12(15)7-11/h3-6,9,11-12,15H,7-8,10H2,1-2H3,(H,19,24)/t11-,12+,15+/m1/s1. The van der Waals surface area contributed by atoms with Crippen molar-refractivity contribution in [1.29, 1.82) is 0 Å². The van der Waals surface area contributed by atoms with E-state index in [0.717, 1.165) is 6.42 Å². The van der Waals surface area contributed by atoms with Crippen molar-refractivity contribution in [1.82, 2.24) is 20.2 Å². The molecule has 1 fully saturated rings. The van der Waals surface area contributed by atoms with Gasteiger partial charge in [-0.15, -0.1) is 5.10 Å². The number of tetrazole rings is 1. The number of amides is 1. The molecule has 0 unspecified atom stereocenters. The van der Waals surface area contributed by atoms with Gasteiger partial charge in [0, 0.05) is 6.07 Å². The molecule has 0 aliphatic heterocycles. The molecule has 2 aliphatic carbocycles. The maximum Gasteiger partial charge on any atom is 0.234 e. The first kappa shape index (κ1) is 17.8. The summed E-state index contributed by atoms with van der Waals surface area (Å²) in [5.41, 5.74) is 0.570. The van der Waals surface area contributed by atoms with E-state index in [-0.39, 0.29) is 11.7 Å². The van der Waals surface area contributed by atoms with Gasteiger partial charge in [0.1, 0.15) is 11.5 Å². The molecule has 1 aromatic heterocycles. The van der Waals surface area contributed by atoms with Gasteiger partial charge in [0.15, 0.2) is 0 Å². The highest BCUT2D eigenvalue weighted by Crippen LogP contribution is 2.46. The second-order valence-corrected chi connectivity index (χ2v) is 7.60. The minimum atomic E-state index is -0.158. The van der Waals surface area contributed by atoms with E-state index in [0.29, 0.717) is 40.2 Å². The summed E-state index contributed by atoms with van der Waals surface area (Å²) in [4.78, 5) is 12.4. The summed E-state index contributed by atoms with van der Waals surface area (Å²) in [5.74, 6) is 2.39. The maximum atomic E-state index is 12.4. The Hall–Kier alpha value is -2.55. The fourth-order valence-corrected chi connectivity index (χ4v) is 4.48. The molecule has 1 amide bonds. The Labute approximate surface area is 161 Å². The van der Waals surface area contributed by atoms with Crippen LogP contribution in [0.4, 0.5) is 5.69 Å². The third-order valence-corrected chi connectivity index (χ3v) is 5.97. The predicted octanol–water partition coefficient (Wildman–Crippen LogP) is 2.56. The SMILES string of the molecule is COc1ccc(OC)c(NC(=O)CSc2nnnn2[C@H]2C[C@@H]3C=C[C@H]2C3)c1. The number of aromatic nitrogens is 4. The number of carbonyl (C=O) groups is 1. The Bertz CT molecular complexity index is 868. The summed E-state index contributed by atoms with van der Waals surface area (Å²) in [6, 6.07) is 5.55. The molecule has 1 heterocycles. The molecule has 1 aromatic carbocycles. The number of hydrogen-bond donors (Lipinski definition) is 1. The molecule has 142 valence electrons. The molecule has 3 atom stereocenters. The number of allylic oxidation sites excluding steroid dienone is 2. The van der Waals surface area contributed by atoms with Gasteiger partial charge in [0.05, 0.1) is 31.7 Å². The van der Waals surface area contributed by atoms with Crippen LogP contribution in [0.5, 0.6) is 11.5 Å². The Balaban J connectivity index is 1.39. The molecule has 4 rings (SSSR count). The highest BCUT2D eigenvalue weighted by Gasteiger charge is 2.38. The average molecular weight is 387 g/mol. The van der Waals surface area contributed by atoms with Crippen LogP contribution in [0.2, 0.25) is 0 Å². The van der Waals surface area contributed by atoms with E-state index >= 15 is 0 Å². The number of anilines is 1. The number of thioether (sulfide) groups is 1. The molecule has 8 nitrogen and oxygen atoms in total. The largest absolute Gasteiger partial charge is 0.497 e. The highest BCUT2D eigenvalue weighted by molar-refractivity contribution is 7.99. The van der Waals surface area contributed by atoms with Crippen molar-refractivity contribution in [2.24, 2.45) is 11.8 Å². The van der Waals surface area contributed by atoms with E-state index in [4.69, 9.17) is 9.47 Å². The van der Waals surface area contributed by atoms with Gasteiger partial charge in [0.2, 0.25) is 11.1 Å². The zero-order valence-electron chi connectivity index (χ0n) is 15.2. The van der Waals surface area contributed by atoms with E-state index < -0.39 is 0 Å². The third-order valence-electron chi connectivity index (χ3n) is 5.03. The van der Waals surface area contributed by atoms with Gasteiger partial charge in [0.25, 0.3) is 0 Å². The van der Waals surface area contributed by atoms with E-state index in [1.165, 1.54) is 18.2 Å². The zero-order chi connectivity index (χ0) is 18.8. The van der Waals surface area contributed by atoms with E-state index in [2.05, 4.69) is 33.0 Å². The smallest absolute Gasteiger partial charge is 0.234 e. The molecule has 0 radical (unpaired) electrons. The van der Waals surface area contributed by atoms with E-state index in [1.807, 2.05) is 4.68 Å². The number of benzene rings is 1. The molecular formula is C18H21N5O3S. The lowest BCUT2D eigenvalue weighted by atomic mass is 10.0. The number of hydrogen-bond acceptors (Lipinski definition) is 7. The molecule has 0 spiro atoms. The molecule has 27 heavy (non-hydrogen) atoms. The van der Waals surface area contributed by atoms with Crippen LogP contribution in [-0.4, -0.2) is 46.1 Å². The summed E-state index contributed by atoms with van der Waals surface area (Å²) in [6.07, 6.45) is 6.78. The number of methoxy groups -OCH3 is 2. The van der Waals surface area contributed by atoms with Crippen molar-refractivity contribution in [2.45, 2.75) is 24.0 Å². The van der Waals surface area contributed by atoms with Crippen LogP contribution in [0.1, 0.15) is 18.9 Å². The lowest BCUT2D eigenvalue weighted by Gasteiger charge is -2.18. The Kier molecular flexibility index (Phi) is 5.02. The molecule has 2 bridgehead atoms. The van der Waals surface area contributed by atoms with Crippen LogP contribution in [0, 0.1) is 11.8 Å². The van der Waals surface area contributed by atoms with Crippen molar-refractivity contribution in [3.63, 3.8) is 0 Å². The normalized spacial score (nSPS) is 22.8. The molecular weight excluding hydrogens is 366 g/mol. The number of rotatable bonds is 7. The maximum absolute atomic E-state index is 12.4.